The summed E-state index contributed by atoms with van der Waals surface area (Å²) in [5, 5.41) is 4.12. The van der Waals surface area contributed by atoms with Crippen molar-refractivity contribution in [2.24, 2.45) is 0 Å². The molecule has 12 heavy (non-hydrogen) atoms. The van der Waals surface area contributed by atoms with Gasteiger partial charge in [0.1, 0.15) is 0 Å². The maximum atomic E-state index is 10.4. The maximum absolute atomic E-state index is 10.4. The molecule has 4 heteroatoms. The third kappa shape index (κ3) is 0.972. The predicted octanol–water partition coefficient (Wildman–Crippen LogP) is 0.850. The molecule has 0 saturated carbocycles. The van der Waals surface area contributed by atoms with Gasteiger partial charge in [0, 0.05) is 18.5 Å². The first-order valence-electron chi connectivity index (χ1n) is 3.57. The molecule has 60 valence electrons. The van der Waals surface area contributed by atoms with Gasteiger partial charge in [0.25, 0.3) is 0 Å². The molecule has 2 rings (SSSR count). The largest absolute Gasteiger partial charge is 0.298 e. The lowest BCUT2D eigenvalue weighted by Crippen LogP contribution is -1.92. The molecule has 0 atom stereocenters. The first kappa shape index (κ1) is 6.97. The van der Waals surface area contributed by atoms with E-state index in [0.717, 1.165) is 17.6 Å². The highest BCUT2D eigenvalue weighted by molar-refractivity contribution is 5.73. The number of rotatable bonds is 1. The van der Waals surface area contributed by atoms with Gasteiger partial charge in [-0.05, 0) is 6.92 Å². The highest BCUT2D eigenvalue weighted by Gasteiger charge is 1.98. The molecule has 0 aliphatic carbocycles. The van der Waals surface area contributed by atoms with Crippen LogP contribution in [0.5, 0.6) is 0 Å². The normalized spacial score (nSPS) is 10.4. The monoisotopic (exact) mass is 161 g/mol. The van der Waals surface area contributed by atoms with Crippen molar-refractivity contribution in [2.75, 3.05) is 0 Å². The lowest BCUT2D eigenvalue weighted by Gasteiger charge is -1.91. The Bertz CT molecular complexity index is 433. The second kappa shape index (κ2) is 2.41. The number of hydrogen-bond acceptors (Lipinski definition) is 3. The molecule has 0 bridgehead atoms. The third-order valence-corrected chi connectivity index (χ3v) is 1.59. The van der Waals surface area contributed by atoms with Crippen LogP contribution in [0.3, 0.4) is 0 Å². The van der Waals surface area contributed by atoms with Crippen LogP contribution in [-0.4, -0.2) is 20.9 Å². The first-order chi connectivity index (χ1) is 5.79. The average molecular weight is 161 g/mol. The van der Waals surface area contributed by atoms with E-state index in [4.69, 9.17) is 0 Å². The second-order valence-corrected chi connectivity index (χ2v) is 2.59. The Morgan fingerprint density at radius 3 is 3.17 bits per heavy atom. The molecule has 0 fully saturated rings. The fourth-order valence-corrected chi connectivity index (χ4v) is 1.07. The van der Waals surface area contributed by atoms with Gasteiger partial charge in [-0.3, -0.25) is 4.79 Å². The lowest BCUT2D eigenvalue weighted by molar-refractivity contribution is 0.112. The minimum Gasteiger partial charge on any atom is -0.298 e. The summed E-state index contributed by atoms with van der Waals surface area (Å²) < 4.78 is 1.60. The summed E-state index contributed by atoms with van der Waals surface area (Å²) >= 11 is 0. The Hall–Kier alpha value is -1.71. The van der Waals surface area contributed by atoms with E-state index in [1.165, 1.54) is 6.20 Å². The molecule has 2 aromatic rings. The van der Waals surface area contributed by atoms with Crippen LogP contribution in [0.4, 0.5) is 0 Å². The Balaban J connectivity index is 2.74. The van der Waals surface area contributed by atoms with Crippen molar-refractivity contribution in [3.8, 4) is 0 Å². The SMILES string of the molecule is Cc1cc2ncc(C=O)cn2n1. The molecular weight excluding hydrogens is 154 g/mol. The van der Waals surface area contributed by atoms with Gasteiger partial charge >= 0.3 is 0 Å². The van der Waals surface area contributed by atoms with Crippen LogP contribution in [-0.2, 0) is 0 Å². The quantitative estimate of drug-likeness (QED) is 0.582. The summed E-state index contributed by atoms with van der Waals surface area (Å²) in [6.07, 6.45) is 3.94. The van der Waals surface area contributed by atoms with Crippen LogP contribution in [0, 0.1) is 6.92 Å². The van der Waals surface area contributed by atoms with E-state index in [0.29, 0.717) is 5.56 Å². The summed E-state index contributed by atoms with van der Waals surface area (Å²) in [6, 6.07) is 1.86. The highest BCUT2D eigenvalue weighted by Crippen LogP contribution is 2.02. The molecule has 0 spiro atoms. The molecule has 2 aromatic heterocycles. The van der Waals surface area contributed by atoms with Crippen LogP contribution in [0.2, 0.25) is 0 Å². The Kier molecular flexibility index (Phi) is 1.40. The molecule has 0 N–H and O–H groups in total. The van der Waals surface area contributed by atoms with Crippen molar-refractivity contribution in [1.82, 2.24) is 14.6 Å². The van der Waals surface area contributed by atoms with Crippen LogP contribution < -0.4 is 0 Å². The fourth-order valence-electron chi connectivity index (χ4n) is 1.07. The van der Waals surface area contributed by atoms with Crippen LogP contribution in [0.15, 0.2) is 18.5 Å². The van der Waals surface area contributed by atoms with Crippen molar-refractivity contribution in [3.63, 3.8) is 0 Å². The number of aryl methyl sites for hydroxylation is 1. The number of carbonyl (C=O) groups is 1. The van der Waals surface area contributed by atoms with Gasteiger partial charge < -0.3 is 0 Å². The number of nitrogens with zero attached hydrogens (tertiary/aromatic N) is 3. The number of aldehydes is 1. The standard InChI is InChI=1S/C8H7N3O/c1-6-2-8-9-3-7(5-12)4-11(8)10-6/h2-5H,1H3. The van der Waals surface area contributed by atoms with E-state index >= 15 is 0 Å². The van der Waals surface area contributed by atoms with E-state index in [-0.39, 0.29) is 0 Å². The highest BCUT2D eigenvalue weighted by atomic mass is 16.1. The van der Waals surface area contributed by atoms with Gasteiger partial charge in [-0.25, -0.2) is 9.50 Å². The number of fused-ring (bicyclic) bond motifs is 1. The Morgan fingerprint density at radius 2 is 2.42 bits per heavy atom. The molecule has 0 aliphatic rings. The minimum absolute atomic E-state index is 0.533. The summed E-state index contributed by atoms with van der Waals surface area (Å²) in [6.45, 7) is 1.88. The van der Waals surface area contributed by atoms with Gasteiger partial charge in [0.2, 0.25) is 0 Å². The Labute approximate surface area is 68.8 Å². The first-order valence-corrected chi connectivity index (χ1v) is 3.57. The van der Waals surface area contributed by atoms with E-state index in [2.05, 4.69) is 10.1 Å². The zero-order chi connectivity index (χ0) is 8.55. The van der Waals surface area contributed by atoms with Crippen molar-refractivity contribution >= 4 is 11.9 Å². The molecule has 2 heterocycles. The Morgan fingerprint density at radius 1 is 1.58 bits per heavy atom. The van der Waals surface area contributed by atoms with Crippen LogP contribution in [0.1, 0.15) is 16.1 Å². The predicted molar refractivity (Wildman–Crippen MR) is 43.1 cm³/mol. The van der Waals surface area contributed by atoms with Gasteiger partial charge in [-0.1, -0.05) is 0 Å². The molecule has 0 amide bonds. The van der Waals surface area contributed by atoms with Crippen LogP contribution in [0.25, 0.3) is 5.65 Å². The van der Waals surface area contributed by atoms with Crippen molar-refractivity contribution < 1.29 is 4.79 Å². The van der Waals surface area contributed by atoms with E-state index in [1.54, 1.807) is 10.7 Å². The average Bonchev–Trinajstić information content (AvgIpc) is 2.43. The van der Waals surface area contributed by atoms with E-state index in [1.807, 2.05) is 13.0 Å². The third-order valence-electron chi connectivity index (χ3n) is 1.59. The van der Waals surface area contributed by atoms with Crippen LogP contribution >= 0.6 is 0 Å². The van der Waals surface area contributed by atoms with Gasteiger partial charge in [0.15, 0.2) is 11.9 Å². The molecule has 0 saturated heterocycles. The molecule has 0 aromatic carbocycles. The minimum atomic E-state index is 0.533. The fraction of sp³-hybridized carbons (Fsp3) is 0.125. The van der Waals surface area contributed by atoms with Crippen molar-refractivity contribution in [2.45, 2.75) is 6.92 Å². The second-order valence-electron chi connectivity index (χ2n) is 2.59. The van der Waals surface area contributed by atoms with E-state index in [9.17, 15) is 4.79 Å². The molecular formula is C8H7N3O. The summed E-state index contributed by atoms with van der Waals surface area (Å²) in [7, 11) is 0. The lowest BCUT2D eigenvalue weighted by atomic mass is 10.4. The summed E-state index contributed by atoms with van der Waals surface area (Å²) in [4.78, 5) is 14.4. The topological polar surface area (TPSA) is 47.3 Å². The zero-order valence-electron chi connectivity index (χ0n) is 6.56. The zero-order valence-corrected chi connectivity index (χ0v) is 6.56. The molecule has 4 nitrogen and oxygen atoms in total. The maximum Gasteiger partial charge on any atom is 0.155 e. The molecule has 0 radical (unpaired) electrons. The van der Waals surface area contributed by atoms with Gasteiger partial charge in [-0.2, -0.15) is 5.10 Å². The van der Waals surface area contributed by atoms with Gasteiger partial charge in [0.05, 0.1) is 11.3 Å². The number of aromatic nitrogens is 3. The van der Waals surface area contributed by atoms with Crippen molar-refractivity contribution in [3.05, 3.63) is 29.7 Å². The summed E-state index contributed by atoms with van der Waals surface area (Å²) in [5.74, 6) is 0. The van der Waals surface area contributed by atoms with Crippen molar-refractivity contribution in [1.29, 1.82) is 0 Å². The molecule has 0 unspecified atom stereocenters. The number of hydrogen-bond donors (Lipinski definition) is 0. The smallest absolute Gasteiger partial charge is 0.155 e. The summed E-state index contributed by atoms with van der Waals surface area (Å²) in [5.41, 5.74) is 2.19. The molecule has 0 aliphatic heterocycles. The van der Waals surface area contributed by atoms with E-state index < -0.39 is 0 Å². The number of carbonyl (C=O) groups excluding carboxylic acids is 1. The van der Waals surface area contributed by atoms with Gasteiger partial charge in [-0.15, -0.1) is 0 Å².